The molecule has 5 nitrogen and oxygen atoms in total. The van der Waals surface area contributed by atoms with Crippen LogP contribution in [0.5, 0.6) is 0 Å². The highest BCUT2D eigenvalue weighted by molar-refractivity contribution is 6.31. The Morgan fingerprint density at radius 3 is 2.92 bits per heavy atom. The molecule has 2 heterocycles. The van der Waals surface area contributed by atoms with Gasteiger partial charge in [-0.05, 0) is 30.2 Å². The maximum Gasteiger partial charge on any atom is 0.407 e. The van der Waals surface area contributed by atoms with Crippen LogP contribution >= 0.6 is 11.6 Å². The molecule has 1 amide bonds. The molecule has 0 atom stereocenters. The van der Waals surface area contributed by atoms with Crippen LogP contribution in [0.4, 0.5) is 9.18 Å². The number of rotatable bonds is 2. The van der Waals surface area contributed by atoms with Crippen LogP contribution in [0.1, 0.15) is 28.3 Å². The van der Waals surface area contributed by atoms with Gasteiger partial charge in [-0.3, -0.25) is 0 Å². The van der Waals surface area contributed by atoms with E-state index in [0.717, 1.165) is 11.3 Å². The van der Waals surface area contributed by atoms with E-state index in [0.29, 0.717) is 29.2 Å². The van der Waals surface area contributed by atoms with Crippen molar-refractivity contribution in [1.82, 2.24) is 14.5 Å². The number of halogens is 2. The molecule has 0 aliphatic carbocycles. The minimum Gasteiger partial charge on any atom is -0.465 e. The molecular weight excluding hydrogens is 333 g/mol. The van der Waals surface area contributed by atoms with Crippen LogP contribution in [0.15, 0.2) is 18.2 Å². The van der Waals surface area contributed by atoms with Crippen molar-refractivity contribution in [2.45, 2.75) is 19.9 Å². The molecule has 3 rings (SSSR count). The van der Waals surface area contributed by atoms with Gasteiger partial charge in [-0.2, -0.15) is 0 Å². The molecule has 1 aromatic heterocycles. The highest BCUT2D eigenvalue weighted by Crippen LogP contribution is 2.27. The number of hydrogen-bond acceptors (Lipinski definition) is 2. The molecule has 0 saturated heterocycles. The van der Waals surface area contributed by atoms with Crippen LogP contribution < -0.4 is 0 Å². The van der Waals surface area contributed by atoms with Crippen molar-refractivity contribution in [2.24, 2.45) is 7.05 Å². The maximum atomic E-state index is 14.7. The Bertz CT molecular complexity index is 845. The van der Waals surface area contributed by atoms with E-state index < -0.39 is 11.9 Å². The van der Waals surface area contributed by atoms with Crippen molar-refractivity contribution in [3.05, 3.63) is 51.6 Å². The second kappa shape index (κ2) is 6.28. The molecular formula is C17H17ClFN3O2. The first-order valence-electron chi connectivity index (χ1n) is 7.53. The SMILES string of the molecule is Cc1c(Cl)cccc1C=C(F)c1nc2c(n1C)CCN(C(=O)O)C2. The molecule has 126 valence electrons. The minimum atomic E-state index is -0.988. The van der Waals surface area contributed by atoms with Crippen LogP contribution in [0.3, 0.4) is 0 Å². The van der Waals surface area contributed by atoms with Gasteiger partial charge in [0, 0.05) is 30.7 Å². The average molecular weight is 350 g/mol. The first-order chi connectivity index (χ1) is 11.4. The Morgan fingerprint density at radius 1 is 1.46 bits per heavy atom. The summed E-state index contributed by atoms with van der Waals surface area (Å²) in [5, 5.41) is 9.67. The molecule has 2 aromatic rings. The van der Waals surface area contributed by atoms with E-state index in [1.165, 1.54) is 11.0 Å². The molecule has 0 bridgehead atoms. The van der Waals surface area contributed by atoms with Crippen LogP contribution in [0.25, 0.3) is 11.9 Å². The van der Waals surface area contributed by atoms with Gasteiger partial charge in [0.2, 0.25) is 0 Å². The van der Waals surface area contributed by atoms with Crippen molar-refractivity contribution in [2.75, 3.05) is 6.54 Å². The number of hydrogen-bond donors (Lipinski definition) is 1. The smallest absolute Gasteiger partial charge is 0.407 e. The van der Waals surface area contributed by atoms with Crippen LogP contribution in [-0.4, -0.2) is 32.2 Å². The van der Waals surface area contributed by atoms with Crippen molar-refractivity contribution in [3.8, 4) is 0 Å². The first kappa shape index (κ1) is 16.5. The monoisotopic (exact) mass is 349 g/mol. The van der Waals surface area contributed by atoms with E-state index in [2.05, 4.69) is 4.98 Å². The molecule has 0 unspecified atom stereocenters. The van der Waals surface area contributed by atoms with Gasteiger partial charge in [0.15, 0.2) is 11.7 Å². The zero-order chi connectivity index (χ0) is 17.4. The summed E-state index contributed by atoms with van der Waals surface area (Å²) in [7, 11) is 1.75. The second-order valence-corrected chi connectivity index (χ2v) is 6.20. The highest BCUT2D eigenvalue weighted by Gasteiger charge is 2.26. The van der Waals surface area contributed by atoms with Gasteiger partial charge < -0.3 is 14.6 Å². The first-order valence-corrected chi connectivity index (χ1v) is 7.91. The minimum absolute atomic E-state index is 0.183. The Hall–Kier alpha value is -2.34. The second-order valence-electron chi connectivity index (χ2n) is 5.79. The van der Waals surface area contributed by atoms with Gasteiger partial charge in [0.25, 0.3) is 0 Å². The molecule has 7 heteroatoms. The number of imidazole rings is 1. The number of aromatic nitrogens is 2. The summed E-state index contributed by atoms with van der Waals surface area (Å²) in [6.45, 7) is 2.40. The molecule has 24 heavy (non-hydrogen) atoms. The summed E-state index contributed by atoms with van der Waals surface area (Å²) in [4.78, 5) is 16.7. The Balaban J connectivity index is 1.97. The molecule has 0 fully saturated rings. The predicted molar refractivity (Wildman–Crippen MR) is 90.5 cm³/mol. The highest BCUT2D eigenvalue weighted by atomic mass is 35.5. The number of fused-ring (bicyclic) bond motifs is 1. The number of carbonyl (C=O) groups is 1. The fourth-order valence-corrected chi connectivity index (χ4v) is 3.07. The lowest BCUT2D eigenvalue weighted by Gasteiger charge is -2.23. The zero-order valence-corrected chi connectivity index (χ0v) is 14.1. The number of nitrogens with zero attached hydrogens (tertiary/aromatic N) is 3. The van der Waals surface area contributed by atoms with Gasteiger partial charge in [-0.15, -0.1) is 0 Å². The van der Waals surface area contributed by atoms with Crippen LogP contribution in [0, 0.1) is 6.92 Å². The third-order valence-corrected chi connectivity index (χ3v) is 4.74. The summed E-state index contributed by atoms with van der Waals surface area (Å²) in [6, 6.07) is 5.31. The third kappa shape index (κ3) is 2.89. The predicted octanol–water partition coefficient (Wildman–Crippen LogP) is 3.89. The number of benzene rings is 1. The van der Waals surface area contributed by atoms with E-state index >= 15 is 0 Å². The molecule has 0 spiro atoms. The largest absolute Gasteiger partial charge is 0.465 e. The number of amides is 1. The summed E-state index contributed by atoms with van der Waals surface area (Å²) < 4.78 is 16.4. The van der Waals surface area contributed by atoms with Crippen molar-refractivity contribution in [1.29, 1.82) is 0 Å². The lowest BCUT2D eigenvalue weighted by atomic mass is 10.1. The molecule has 0 radical (unpaired) electrons. The molecule has 1 aromatic carbocycles. The van der Waals surface area contributed by atoms with Crippen molar-refractivity contribution in [3.63, 3.8) is 0 Å². The van der Waals surface area contributed by atoms with E-state index in [1.54, 1.807) is 29.8 Å². The molecule has 1 aliphatic heterocycles. The zero-order valence-electron chi connectivity index (χ0n) is 13.4. The summed E-state index contributed by atoms with van der Waals surface area (Å²) in [5.74, 6) is -0.272. The molecule has 1 N–H and O–H groups in total. The Morgan fingerprint density at radius 2 is 2.21 bits per heavy atom. The summed E-state index contributed by atoms with van der Waals surface area (Å²) >= 11 is 6.07. The van der Waals surface area contributed by atoms with Gasteiger partial charge >= 0.3 is 6.09 Å². The average Bonchev–Trinajstić information content (AvgIpc) is 2.88. The van der Waals surface area contributed by atoms with Crippen LogP contribution in [-0.2, 0) is 20.0 Å². The quantitative estimate of drug-likeness (QED) is 0.895. The van der Waals surface area contributed by atoms with Gasteiger partial charge in [0.05, 0.1) is 12.2 Å². The normalized spacial score (nSPS) is 14.7. The van der Waals surface area contributed by atoms with Crippen molar-refractivity contribution >= 4 is 29.6 Å². The summed E-state index contributed by atoms with van der Waals surface area (Å²) in [5.41, 5.74) is 2.96. The number of carboxylic acid groups (broad SMARTS) is 1. The van der Waals surface area contributed by atoms with Crippen molar-refractivity contribution < 1.29 is 14.3 Å². The lowest BCUT2D eigenvalue weighted by molar-refractivity contribution is 0.139. The van der Waals surface area contributed by atoms with Gasteiger partial charge in [0.1, 0.15) is 0 Å². The van der Waals surface area contributed by atoms with E-state index in [9.17, 15) is 9.18 Å². The molecule has 0 saturated carbocycles. The summed E-state index contributed by atoms with van der Waals surface area (Å²) in [6.07, 6.45) is 0.942. The fraction of sp³-hybridized carbons (Fsp3) is 0.294. The molecule has 1 aliphatic rings. The van der Waals surface area contributed by atoms with Crippen LogP contribution in [0.2, 0.25) is 5.02 Å². The van der Waals surface area contributed by atoms with Gasteiger partial charge in [-0.25, -0.2) is 14.2 Å². The Kier molecular flexibility index (Phi) is 4.32. The van der Waals surface area contributed by atoms with E-state index in [1.807, 2.05) is 6.92 Å². The van der Waals surface area contributed by atoms with E-state index in [-0.39, 0.29) is 12.4 Å². The maximum absolute atomic E-state index is 14.7. The van der Waals surface area contributed by atoms with E-state index in [4.69, 9.17) is 16.7 Å². The van der Waals surface area contributed by atoms with Gasteiger partial charge in [-0.1, -0.05) is 23.7 Å². The topological polar surface area (TPSA) is 58.4 Å². The third-order valence-electron chi connectivity index (χ3n) is 4.33. The fourth-order valence-electron chi connectivity index (χ4n) is 2.89. The Labute approximate surface area is 144 Å². The standard InChI is InChI=1S/C17H17ClFN3O2/c1-10-11(4-3-5-12(10)18)8-13(19)16-20-14-9-22(17(23)24)7-6-15(14)21(16)2/h3-5,8H,6-7,9H2,1-2H3,(H,23,24). The lowest BCUT2D eigenvalue weighted by Crippen LogP contribution is -2.35.